The summed E-state index contributed by atoms with van der Waals surface area (Å²) in [5.41, 5.74) is 30.6. The van der Waals surface area contributed by atoms with Crippen LogP contribution in [0.2, 0.25) is 0 Å². The van der Waals surface area contributed by atoms with Gasteiger partial charge in [-0.1, -0.05) is 62.4 Å². The van der Waals surface area contributed by atoms with E-state index in [1.54, 1.807) is 74.6 Å². The van der Waals surface area contributed by atoms with Gasteiger partial charge in [-0.3, -0.25) is 62.5 Å². The number of para-hydroxylation sites is 1. The van der Waals surface area contributed by atoms with E-state index in [9.17, 15) is 53.1 Å². The highest BCUT2D eigenvalue weighted by Gasteiger charge is 2.41. The van der Waals surface area contributed by atoms with Gasteiger partial charge < -0.3 is 96.5 Å². The third-order valence-corrected chi connectivity index (χ3v) is 17.1. The molecule has 2 aromatic carbocycles. The molecular weight excluding hydrogens is 1320 g/mol. The number of carbonyl (C=O) groups is 12. The number of primary amides is 1. The van der Waals surface area contributed by atoms with Crippen molar-refractivity contribution >= 4 is 126 Å². The van der Waals surface area contributed by atoms with Crippen molar-refractivity contribution in [3.05, 3.63) is 90.1 Å². The summed E-state index contributed by atoms with van der Waals surface area (Å²) in [5, 5.41) is 34.1. The predicted molar refractivity (Wildman–Crippen MR) is 370 cm³/mol. The summed E-state index contributed by atoms with van der Waals surface area (Å²) in [5.74, 6) is -11.8. The minimum atomic E-state index is -1.62. The van der Waals surface area contributed by atoms with Gasteiger partial charge in [0, 0.05) is 85.0 Å². The number of aliphatic imine (C=N–C) groups is 1. The fraction of sp³-hybridized carbons (Fsp3) is 0.516. The monoisotopic (exact) mass is 1410 g/mol. The molecule has 0 radical (unpaired) electrons. The van der Waals surface area contributed by atoms with E-state index in [-0.39, 0.29) is 93.7 Å². The lowest BCUT2D eigenvalue weighted by atomic mass is 10.0. The molecule has 2 aromatic heterocycles. The van der Waals surface area contributed by atoms with Crippen LogP contribution in [0.5, 0.6) is 0 Å². The first-order valence-electron chi connectivity index (χ1n) is 31.7. The van der Waals surface area contributed by atoms with E-state index in [1.165, 1.54) is 17.4 Å². The van der Waals surface area contributed by atoms with Gasteiger partial charge in [0.2, 0.25) is 65.0 Å². The molecule has 1 aliphatic rings. The Bertz CT molecular complexity index is 3360. The molecule has 1 saturated heterocycles. The van der Waals surface area contributed by atoms with E-state index in [2.05, 4.69) is 106 Å². The topological polar surface area (TPSA) is 524 Å². The highest BCUT2D eigenvalue weighted by molar-refractivity contribution is 7.80. The second-order valence-corrected chi connectivity index (χ2v) is 24.8. The molecule has 1 aliphatic heterocycles. The lowest BCUT2D eigenvalue weighted by Crippen LogP contribution is -2.61. The number of aromatic nitrogens is 3. The Labute approximate surface area is 577 Å². The van der Waals surface area contributed by atoms with E-state index in [1.807, 2.05) is 0 Å². The molecule has 11 atom stereocenters. The number of likely N-dealkylation sites (tertiary alicyclic amines) is 1. The Morgan fingerprint density at radius 3 is 1.70 bits per heavy atom. The zero-order valence-corrected chi connectivity index (χ0v) is 56.7. The molecule has 5 rings (SSSR count). The van der Waals surface area contributed by atoms with E-state index < -0.39 is 150 Å². The largest absolute Gasteiger partial charge is 0.481 e. The predicted octanol–water partition coefficient (Wildman–Crippen LogP) is -3.42. The number of guanidine groups is 1. The Balaban J connectivity index is 1.46. The Hall–Kier alpha value is -8.93. The third-order valence-electron chi connectivity index (χ3n) is 16.0. The number of nitrogens with zero attached hydrogens (tertiary/aromatic N) is 3. The number of imidazole rings is 1. The fourth-order valence-corrected chi connectivity index (χ4v) is 11.3. The number of fused-ring (bicyclic) bond motifs is 1. The quantitative estimate of drug-likeness (QED) is 0.00890. The number of nitrogens with two attached hydrogens (primary N) is 5. The molecule has 1 fully saturated rings. The molecule has 11 amide bonds. The first-order valence-corrected chi connectivity index (χ1v) is 33.6. The number of nitrogens with one attached hydrogen (secondary N) is 11. The van der Waals surface area contributed by atoms with Gasteiger partial charge in [-0.2, -0.15) is 37.9 Å². The van der Waals surface area contributed by atoms with Crippen molar-refractivity contribution in [2.24, 2.45) is 39.6 Å². The molecule has 4 aromatic rings. The normalized spacial score (nSPS) is 15.9. The van der Waals surface area contributed by atoms with Crippen molar-refractivity contribution in [1.29, 1.82) is 0 Å². The molecular formula is C62H91N19O13S3. The van der Waals surface area contributed by atoms with Crippen molar-refractivity contribution in [2.45, 2.75) is 157 Å². The number of carboxylic acid groups (broad SMARTS) is 1. The number of aliphatic carboxylic acids is 1. The van der Waals surface area contributed by atoms with E-state index in [0.717, 1.165) is 0 Å². The van der Waals surface area contributed by atoms with Gasteiger partial charge in [0.25, 0.3) is 0 Å². The summed E-state index contributed by atoms with van der Waals surface area (Å²) in [6.45, 7) is 3.83. The fourth-order valence-electron chi connectivity index (χ4n) is 10.6. The lowest BCUT2D eigenvalue weighted by Gasteiger charge is -2.31. The molecule has 0 unspecified atom stereocenters. The minimum Gasteiger partial charge on any atom is -0.481 e. The molecule has 0 saturated carbocycles. The maximum Gasteiger partial charge on any atom is 0.303 e. The number of hydrogen-bond donors (Lipinski definition) is 20. The zero-order valence-electron chi connectivity index (χ0n) is 54.0. The number of hydrogen-bond acceptors (Lipinski definition) is 19. The van der Waals surface area contributed by atoms with Crippen LogP contribution in [0.15, 0.2) is 78.3 Å². The zero-order chi connectivity index (χ0) is 71.3. The lowest BCUT2D eigenvalue weighted by molar-refractivity contribution is -0.142. The molecule has 530 valence electrons. The maximum absolute atomic E-state index is 15.0. The van der Waals surface area contributed by atoms with E-state index in [0.29, 0.717) is 47.0 Å². The molecule has 3 heterocycles. The van der Waals surface area contributed by atoms with Crippen molar-refractivity contribution in [3.63, 3.8) is 0 Å². The van der Waals surface area contributed by atoms with Crippen molar-refractivity contribution in [2.75, 3.05) is 36.9 Å². The smallest absolute Gasteiger partial charge is 0.303 e. The summed E-state index contributed by atoms with van der Waals surface area (Å²) in [4.78, 5) is 182. The van der Waals surface area contributed by atoms with Crippen LogP contribution in [-0.4, -0.2) is 205 Å². The average Bonchev–Trinajstić information content (AvgIpc) is 1.76. The minimum absolute atomic E-state index is 0.0313. The molecule has 35 heteroatoms. The SMILES string of the molecule is CC(C)[C@H](NC(=O)[C@@H]1CCCN1C(=O)[C@H](CCCCN)NC(=O)[C@H](CS)NC(=O)[C@H](Cc1c[nH]c2ccccc12)NC(=O)[C@H](CCCN=C(N)N)NC(=O)[C@@H](Cc1ccccc1)NC(=O)[C@H](Cc1cnc[nH]1)NC(=O)[C@H](CCC(=O)O)NC(=O)[C@H](CS)NC(=O)[C@@H](N)CS)C(N)=O. The van der Waals surface area contributed by atoms with Crippen LogP contribution in [0.1, 0.15) is 88.5 Å². The highest BCUT2D eigenvalue weighted by atomic mass is 32.1. The summed E-state index contributed by atoms with van der Waals surface area (Å²) in [7, 11) is 0. The van der Waals surface area contributed by atoms with E-state index in [4.69, 9.17) is 28.7 Å². The number of benzene rings is 2. The van der Waals surface area contributed by atoms with Crippen LogP contribution in [-0.2, 0) is 76.8 Å². The Kier molecular flexibility index (Phi) is 32.4. The number of aromatic amines is 2. The van der Waals surface area contributed by atoms with Gasteiger partial charge in [0.15, 0.2) is 5.96 Å². The number of unbranched alkanes of at least 4 members (excludes halogenated alkanes) is 1. The number of thiol groups is 3. The van der Waals surface area contributed by atoms with Gasteiger partial charge in [-0.25, -0.2) is 4.98 Å². The second-order valence-electron chi connectivity index (χ2n) is 23.7. The molecule has 0 spiro atoms. The van der Waals surface area contributed by atoms with Gasteiger partial charge >= 0.3 is 5.97 Å². The highest BCUT2D eigenvalue weighted by Crippen LogP contribution is 2.23. The van der Waals surface area contributed by atoms with Crippen LogP contribution >= 0.6 is 37.9 Å². The van der Waals surface area contributed by atoms with Crippen molar-refractivity contribution < 1.29 is 62.6 Å². The summed E-state index contributed by atoms with van der Waals surface area (Å²) >= 11 is 12.6. The standard InChI is InChI=1S/C62H91N19O13S3/c1-33(2)50(51(65)84)80-60(93)48-18-11-23-81(48)61(94)42(16-8-9-21-63)74-59(92)47(31-97)79-56(89)44(25-35-27-70-39-15-7-6-14-37(35)39)76-53(86)40(17-10-22-69-62(66)67)72-55(88)43(24-34-12-4-3-5-13-34)75-57(90)45(26-36-28-68-32-71-36)77-54(87)41(19-20-49(82)83)73-58(91)46(30-96)78-52(85)38(64)29-95/h3-7,12-15,27-28,32-33,38,40-48,50,70,95-97H,8-11,16-26,29-31,63-64H2,1-2H3,(H2,65,84)(H,68,71)(H,72,88)(H,73,91)(H,74,92)(H,75,90)(H,76,86)(H,77,87)(H,78,85)(H,79,89)(H,80,93)(H,82,83)(H4,66,67,69)/t38-,40-,41-,42-,43+,44-,45-,46-,47-,48-,50-/m0/s1. The van der Waals surface area contributed by atoms with Gasteiger partial charge in [0.05, 0.1) is 12.4 Å². The first-order chi connectivity index (χ1) is 46.3. The molecule has 22 N–H and O–H groups in total. The summed E-state index contributed by atoms with van der Waals surface area (Å²) < 4.78 is 0. The van der Waals surface area contributed by atoms with Crippen LogP contribution in [0.25, 0.3) is 10.9 Å². The van der Waals surface area contributed by atoms with Gasteiger partial charge in [-0.15, -0.1) is 0 Å². The van der Waals surface area contributed by atoms with Crippen LogP contribution < -0.4 is 76.5 Å². The molecule has 0 bridgehead atoms. The van der Waals surface area contributed by atoms with Crippen molar-refractivity contribution in [1.82, 2.24) is 67.7 Å². The number of H-pyrrole nitrogens is 2. The van der Waals surface area contributed by atoms with Crippen LogP contribution in [0.3, 0.4) is 0 Å². The van der Waals surface area contributed by atoms with E-state index >= 15 is 9.59 Å². The second kappa shape index (κ2) is 39.9. The number of amides is 11. The van der Waals surface area contributed by atoms with Crippen molar-refractivity contribution in [3.8, 4) is 0 Å². The Morgan fingerprint density at radius 2 is 1.14 bits per heavy atom. The van der Waals surface area contributed by atoms with Gasteiger partial charge in [-0.05, 0) is 81.0 Å². The molecule has 0 aliphatic carbocycles. The first kappa shape index (κ1) is 78.8. The van der Waals surface area contributed by atoms with Gasteiger partial charge in [0.1, 0.15) is 60.4 Å². The number of carboxylic acids is 1. The summed E-state index contributed by atoms with van der Waals surface area (Å²) in [6, 6.07) is 0.738. The summed E-state index contributed by atoms with van der Waals surface area (Å²) in [6.07, 6.45) is 4.05. The number of rotatable bonds is 41. The molecule has 32 nitrogen and oxygen atoms in total. The average molecular weight is 1410 g/mol. The van der Waals surface area contributed by atoms with Crippen LogP contribution in [0, 0.1) is 5.92 Å². The van der Waals surface area contributed by atoms with Crippen LogP contribution in [0.4, 0.5) is 0 Å². The number of carbonyl (C=O) groups excluding carboxylic acids is 11. The Morgan fingerprint density at radius 1 is 0.619 bits per heavy atom. The molecule has 97 heavy (non-hydrogen) atoms. The third kappa shape index (κ3) is 24.9. The maximum atomic E-state index is 15.0.